The lowest BCUT2D eigenvalue weighted by atomic mass is 10.2. The van der Waals surface area contributed by atoms with Gasteiger partial charge >= 0.3 is 0 Å². The van der Waals surface area contributed by atoms with Crippen LogP contribution in [-0.4, -0.2) is 14.8 Å². The van der Waals surface area contributed by atoms with Crippen molar-refractivity contribution < 1.29 is 0 Å². The van der Waals surface area contributed by atoms with Gasteiger partial charge in [-0.25, -0.2) is 0 Å². The van der Waals surface area contributed by atoms with Crippen molar-refractivity contribution in [3.8, 4) is 0 Å². The van der Waals surface area contributed by atoms with Crippen molar-refractivity contribution in [2.24, 2.45) is 5.73 Å². The first-order valence-corrected chi connectivity index (χ1v) is 5.48. The largest absolute Gasteiger partial charge is 0.319 e. The molecule has 2 N–H and O–H groups in total. The molecule has 1 heterocycles. The first-order chi connectivity index (χ1) is 6.80. The van der Waals surface area contributed by atoms with E-state index in [0.717, 1.165) is 18.7 Å². The lowest BCUT2D eigenvalue weighted by Gasteiger charge is -2.16. The predicted octanol–water partition coefficient (Wildman–Crippen LogP) is 1.34. The maximum atomic E-state index is 6.16. The van der Waals surface area contributed by atoms with Crippen LogP contribution >= 0.6 is 0 Å². The molecule has 2 aliphatic carbocycles. The van der Waals surface area contributed by atoms with E-state index in [1.807, 2.05) is 6.33 Å². The highest BCUT2D eigenvalue weighted by Crippen LogP contribution is 2.43. The fraction of sp³-hybridized carbons (Fsp3) is 0.800. The summed E-state index contributed by atoms with van der Waals surface area (Å²) in [6, 6.07) is 0.612. The molecule has 4 nitrogen and oxygen atoms in total. The Hall–Kier alpha value is -0.900. The molecular weight excluding hydrogens is 176 g/mol. The zero-order valence-electron chi connectivity index (χ0n) is 8.32. The number of nitrogens with two attached hydrogens (primary N) is 1. The number of hydrogen-bond acceptors (Lipinski definition) is 3. The van der Waals surface area contributed by atoms with Gasteiger partial charge in [-0.3, -0.25) is 0 Å². The van der Waals surface area contributed by atoms with Gasteiger partial charge in [0.05, 0.1) is 5.54 Å². The zero-order valence-corrected chi connectivity index (χ0v) is 8.32. The molecule has 14 heavy (non-hydrogen) atoms. The summed E-state index contributed by atoms with van der Waals surface area (Å²) in [6.07, 6.45) is 9.19. The van der Waals surface area contributed by atoms with Gasteiger partial charge in [-0.15, -0.1) is 10.2 Å². The molecule has 0 bridgehead atoms. The standard InChI is InChI=1S/C10H16N4/c11-10(5-6-10)9-13-12-7-14(9)8-3-1-2-4-8/h7-8H,1-6,11H2. The summed E-state index contributed by atoms with van der Waals surface area (Å²) in [5.41, 5.74) is 6.02. The second kappa shape index (κ2) is 2.79. The van der Waals surface area contributed by atoms with Crippen LogP contribution in [0.25, 0.3) is 0 Å². The lowest BCUT2D eigenvalue weighted by Crippen LogP contribution is -2.25. The van der Waals surface area contributed by atoms with E-state index >= 15 is 0 Å². The van der Waals surface area contributed by atoms with E-state index in [-0.39, 0.29) is 5.54 Å². The molecule has 0 spiro atoms. The van der Waals surface area contributed by atoms with Gasteiger partial charge in [0.15, 0.2) is 5.82 Å². The van der Waals surface area contributed by atoms with E-state index in [1.165, 1.54) is 25.7 Å². The predicted molar refractivity (Wildman–Crippen MR) is 52.6 cm³/mol. The quantitative estimate of drug-likeness (QED) is 0.769. The summed E-state index contributed by atoms with van der Waals surface area (Å²) >= 11 is 0. The van der Waals surface area contributed by atoms with Crippen LogP contribution in [0, 0.1) is 0 Å². The Morgan fingerprint density at radius 2 is 2.07 bits per heavy atom. The molecule has 4 heteroatoms. The summed E-state index contributed by atoms with van der Waals surface area (Å²) in [4.78, 5) is 0. The molecule has 0 radical (unpaired) electrons. The van der Waals surface area contributed by atoms with Crippen LogP contribution in [0.3, 0.4) is 0 Å². The molecule has 0 amide bonds. The number of aromatic nitrogens is 3. The smallest absolute Gasteiger partial charge is 0.153 e. The molecular formula is C10H16N4. The first kappa shape index (κ1) is 8.41. The highest BCUT2D eigenvalue weighted by Gasteiger charge is 2.45. The van der Waals surface area contributed by atoms with E-state index in [0.29, 0.717) is 6.04 Å². The van der Waals surface area contributed by atoms with Gasteiger partial charge in [-0.2, -0.15) is 0 Å². The second-order valence-electron chi connectivity index (χ2n) is 4.66. The van der Waals surface area contributed by atoms with E-state index in [4.69, 9.17) is 5.73 Å². The Bertz CT molecular complexity index is 334. The summed E-state index contributed by atoms with van der Waals surface area (Å²) in [7, 11) is 0. The van der Waals surface area contributed by atoms with Crippen LogP contribution in [0.4, 0.5) is 0 Å². The van der Waals surface area contributed by atoms with E-state index in [1.54, 1.807) is 0 Å². The molecule has 2 aliphatic rings. The molecule has 0 aliphatic heterocycles. The Morgan fingerprint density at radius 1 is 1.36 bits per heavy atom. The fourth-order valence-corrected chi connectivity index (χ4v) is 2.41. The molecule has 2 saturated carbocycles. The first-order valence-electron chi connectivity index (χ1n) is 5.48. The van der Waals surface area contributed by atoms with Crippen LogP contribution in [0.5, 0.6) is 0 Å². The van der Waals surface area contributed by atoms with E-state index in [9.17, 15) is 0 Å². The third kappa shape index (κ3) is 1.17. The van der Waals surface area contributed by atoms with Gasteiger partial charge in [0.25, 0.3) is 0 Å². The molecule has 76 valence electrons. The number of nitrogens with zero attached hydrogens (tertiary/aromatic N) is 3. The monoisotopic (exact) mass is 192 g/mol. The number of rotatable bonds is 2. The maximum Gasteiger partial charge on any atom is 0.153 e. The molecule has 2 fully saturated rings. The lowest BCUT2D eigenvalue weighted by molar-refractivity contribution is 0.471. The third-order valence-corrected chi connectivity index (χ3v) is 3.53. The van der Waals surface area contributed by atoms with Crippen molar-refractivity contribution in [3.05, 3.63) is 12.2 Å². The summed E-state index contributed by atoms with van der Waals surface area (Å²) in [5, 5.41) is 8.19. The normalized spacial score (nSPS) is 25.5. The number of hydrogen-bond donors (Lipinski definition) is 1. The van der Waals surface area contributed by atoms with E-state index in [2.05, 4.69) is 14.8 Å². The van der Waals surface area contributed by atoms with Crippen LogP contribution in [0.2, 0.25) is 0 Å². The third-order valence-electron chi connectivity index (χ3n) is 3.53. The fourth-order valence-electron chi connectivity index (χ4n) is 2.41. The molecule has 3 rings (SSSR count). The van der Waals surface area contributed by atoms with Crippen LogP contribution in [-0.2, 0) is 5.54 Å². The van der Waals surface area contributed by atoms with Gasteiger partial charge in [0.1, 0.15) is 6.33 Å². The summed E-state index contributed by atoms with van der Waals surface area (Å²) in [6.45, 7) is 0. The molecule has 1 aromatic heterocycles. The molecule has 0 atom stereocenters. The second-order valence-corrected chi connectivity index (χ2v) is 4.66. The van der Waals surface area contributed by atoms with Crippen molar-refractivity contribution in [2.45, 2.75) is 50.1 Å². The van der Waals surface area contributed by atoms with Crippen LogP contribution in [0.15, 0.2) is 6.33 Å². The average molecular weight is 192 g/mol. The van der Waals surface area contributed by atoms with Gasteiger partial charge in [-0.1, -0.05) is 12.8 Å². The van der Waals surface area contributed by atoms with Crippen molar-refractivity contribution in [1.29, 1.82) is 0 Å². The van der Waals surface area contributed by atoms with Gasteiger partial charge in [0.2, 0.25) is 0 Å². The minimum atomic E-state index is -0.140. The molecule has 1 aromatic rings. The molecule has 0 unspecified atom stereocenters. The molecule has 0 saturated heterocycles. The minimum absolute atomic E-state index is 0.140. The Morgan fingerprint density at radius 3 is 2.71 bits per heavy atom. The summed E-state index contributed by atoms with van der Waals surface area (Å²) < 4.78 is 2.22. The van der Waals surface area contributed by atoms with Crippen molar-refractivity contribution in [2.75, 3.05) is 0 Å². The van der Waals surface area contributed by atoms with Gasteiger partial charge < -0.3 is 10.3 Å². The van der Waals surface area contributed by atoms with Crippen molar-refractivity contribution >= 4 is 0 Å². The van der Waals surface area contributed by atoms with E-state index < -0.39 is 0 Å². The van der Waals surface area contributed by atoms with Crippen LogP contribution < -0.4 is 5.73 Å². The SMILES string of the molecule is NC1(c2nncn2C2CCCC2)CC1. The topological polar surface area (TPSA) is 56.7 Å². The molecule has 0 aromatic carbocycles. The highest BCUT2D eigenvalue weighted by atomic mass is 15.3. The van der Waals surface area contributed by atoms with Crippen molar-refractivity contribution in [3.63, 3.8) is 0 Å². The maximum absolute atomic E-state index is 6.16. The Kier molecular flexibility index (Phi) is 1.68. The Balaban J connectivity index is 1.93. The minimum Gasteiger partial charge on any atom is -0.319 e. The van der Waals surface area contributed by atoms with Gasteiger partial charge in [0, 0.05) is 6.04 Å². The Labute approximate surface area is 83.5 Å². The van der Waals surface area contributed by atoms with Gasteiger partial charge in [-0.05, 0) is 25.7 Å². The zero-order chi connectivity index (χ0) is 9.60. The highest BCUT2D eigenvalue weighted by molar-refractivity contribution is 5.15. The summed E-state index contributed by atoms with van der Waals surface area (Å²) in [5.74, 6) is 1.02. The van der Waals surface area contributed by atoms with Crippen LogP contribution in [0.1, 0.15) is 50.4 Å². The average Bonchev–Trinajstić information content (AvgIpc) is 2.73. The van der Waals surface area contributed by atoms with Crippen molar-refractivity contribution in [1.82, 2.24) is 14.8 Å².